The van der Waals surface area contributed by atoms with Crippen LogP contribution in [0.5, 0.6) is 11.5 Å². The van der Waals surface area contributed by atoms with E-state index >= 15 is 0 Å². The van der Waals surface area contributed by atoms with Gasteiger partial charge in [0.05, 0.1) is 0 Å². The van der Waals surface area contributed by atoms with Crippen molar-refractivity contribution in [1.82, 2.24) is 9.80 Å². The Balaban J connectivity index is 1.47. The van der Waals surface area contributed by atoms with E-state index in [-0.39, 0.29) is 5.60 Å². The Bertz CT molecular complexity index is 925. The van der Waals surface area contributed by atoms with Crippen LogP contribution in [0.3, 0.4) is 0 Å². The predicted molar refractivity (Wildman–Crippen MR) is 132 cm³/mol. The lowest BCUT2D eigenvalue weighted by Crippen LogP contribution is -2.54. The van der Waals surface area contributed by atoms with Crippen molar-refractivity contribution in [1.29, 1.82) is 0 Å². The van der Waals surface area contributed by atoms with Crippen molar-refractivity contribution in [2.24, 2.45) is 0 Å². The van der Waals surface area contributed by atoms with Crippen molar-refractivity contribution in [3.05, 3.63) is 58.1 Å². The van der Waals surface area contributed by atoms with Crippen LogP contribution in [0.1, 0.15) is 41.2 Å². The molecule has 0 radical (unpaired) electrons. The van der Waals surface area contributed by atoms with Crippen molar-refractivity contribution < 1.29 is 9.47 Å². The number of halogens is 1. The highest BCUT2D eigenvalue weighted by Crippen LogP contribution is 2.44. The van der Waals surface area contributed by atoms with Gasteiger partial charge < -0.3 is 9.47 Å². The van der Waals surface area contributed by atoms with Gasteiger partial charge in [-0.1, -0.05) is 30.3 Å². The minimum absolute atomic E-state index is 0.155. The Morgan fingerprint density at radius 2 is 1.66 bits per heavy atom. The number of ether oxygens (including phenoxy) is 2. The van der Waals surface area contributed by atoms with E-state index in [0.29, 0.717) is 12.5 Å². The molecule has 5 heteroatoms. The molecule has 0 saturated carbocycles. The zero-order chi connectivity index (χ0) is 22.7. The second-order valence-electron chi connectivity index (χ2n) is 9.64. The number of hydrogen-bond acceptors (Lipinski definition) is 4. The van der Waals surface area contributed by atoms with E-state index < -0.39 is 0 Å². The molecule has 2 aliphatic rings. The lowest BCUT2D eigenvalue weighted by molar-refractivity contribution is 0.00910. The Morgan fingerprint density at radius 1 is 0.969 bits per heavy atom. The summed E-state index contributed by atoms with van der Waals surface area (Å²) >= 11 is 5.91. The SMILES string of the molecule is Cc1c(C)c2c(c(C)c1OCc1ccccc1)CCC(C)(CN1CCN(CCCl)CC1)O2. The predicted octanol–water partition coefficient (Wildman–Crippen LogP) is 5.13. The maximum atomic E-state index is 6.77. The summed E-state index contributed by atoms with van der Waals surface area (Å²) in [6.07, 6.45) is 2.07. The Labute approximate surface area is 198 Å². The van der Waals surface area contributed by atoms with Gasteiger partial charge in [-0.05, 0) is 62.8 Å². The van der Waals surface area contributed by atoms with Crippen LogP contribution in [0, 0.1) is 20.8 Å². The van der Waals surface area contributed by atoms with Gasteiger partial charge in [0.1, 0.15) is 23.7 Å². The van der Waals surface area contributed by atoms with Crippen molar-refractivity contribution in [3.8, 4) is 11.5 Å². The third-order valence-electron chi connectivity index (χ3n) is 7.21. The summed E-state index contributed by atoms with van der Waals surface area (Å²) in [4.78, 5) is 5.01. The summed E-state index contributed by atoms with van der Waals surface area (Å²) in [7, 11) is 0. The molecule has 0 aromatic heterocycles. The molecule has 32 heavy (non-hydrogen) atoms. The van der Waals surface area contributed by atoms with Gasteiger partial charge in [-0.25, -0.2) is 0 Å². The van der Waals surface area contributed by atoms with Gasteiger partial charge in [-0.2, -0.15) is 0 Å². The maximum absolute atomic E-state index is 6.77. The van der Waals surface area contributed by atoms with Crippen molar-refractivity contribution in [2.45, 2.75) is 52.7 Å². The van der Waals surface area contributed by atoms with Gasteiger partial charge >= 0.3 is 0 Å². The highest BCUT2D eigenvalue weighted by molar-refractivity contribution is 6.18. The number of benzene rings is 2. The highest BCUT2D eigenvalue weighted by atomic mass is 35.5. The fourth-order valence-electron chi connectivity index (χ4n) is 5.10. The molecule has 2 aliphatic heterocycles. The normalized spacial score (nSPS) is 21.8. The first-order valence-electron chi connectivity index (χ1n) is 11.9. The number of nitrogens with zero attached hydrogens (tertiary/aromatic N) is 2. The van der Waals surface area contributed by atoms with E-state index in [2.05, 4.69) is 61.8 Å². The molecule has 0 spiro atoms. The molecule has 174 valence electrons. The summed E-state index contributed by atoms with van der Waals surface area (Å²) in [6, 6.07) is 10.4. The Morgan fingerprint density at radius 3 is 2.34 bits per heavy atom. The van der Waals surface area contributed by atoms with E-state index in [1.165, 1.54) is 27.8 Å². The monoisotopic (exact) mass is 456 g/mol. The van der Waals surface area contributed by atoms with Crippen LogP contribution < -0.4 is 9.47 Å². The van der Waals surface area contributed by atoms with E-state index in [1.807, 2.05) is 6.07 Å². The minimum atomic E-state index is -0.155. The van der Waals surface area contributed by atoms with Crippen LogP contribution in [0.25, 0.3) is 0 Å². The molecule has 0 N–H and O–H groups in total. The second kappa shape index (κ2) is 10.0. The molecule has 1 atom stereocenters. The smallest absolute Gasteiger partial charge is 0.127 e. The zero-order valence-corrected chi connectivity index (χ0v) is 20.8. The van der Waals surface area contributed by atoms with Crippen LogP contribution in [-0.2, 0) is 13.0 Å². The maximum Gasteiger partial charge on any atom is 0.127 e. The van der Waals surface area contributed by atoms with Gasteiger partial charge in [0.25, 0.3) is 0 Å². The molecule has 1 fully saturated rings. The van der Waals surface area contributed by atoms with Crippen LogP contribution in [-0.4, -0.2) is 60.5 Å². The molecule has 2 aromatic rings. The van der Waals surface area contributed by atoms with Gasteiger partial charge in [-0.15, -0.1) is 11.6 Å². The third-order valence-corrected chi connectivity index (χ3v) is 7.38. The largest absolute Gasteiger partial charge is 0.488 e. The summed E-state index contributed by atoms with van der Waals surface area (Å²) in [5, 5.41) is 0. The van der Waals surface area contributed by atoms with Gasteiger partial charge in [-0.3, -0.25) is 9.80 Å². The fraction of sp³-hybridized carbons (Fsp3) is 0.556. The van der Waals surface area contributed by atoms with E-state index in [9.17, 15) is 0 Å². The summed E-state index contributed by atoms with van der Waals surface area (Å²) in [5.74, 6) is 2.82. The fourth-order valence-corrected chi connectivity index (χ4v) is 5.34. The molecule has 4 rings (SSSR count). The van der Waals surface area contributed by atoms with Gasteiger partial charge in [0.15, 0.2) is 0 Å². The first-order chi connectivity index (χ1) is 15.4. The average Bonchev–Trinajstić information content (AvgIpc) is 2.79. The summed E-state index contributed by atoms with van der Waals surface area (Å²) < 4.78 is 13.1. The third kappa shape index (κ3) is 5.08. The zero-order valence-electron chi connectivity index (χ0n) is 20.0. The van der Waals surface area contributed by atoms with Crippen molar-refractivity contribution >= 4 is 11.6 Å². The van der Waals surface area contributed by atoms with Gasteiger partial charge in [0.2, 0.25) is 0 Å². The van der Waals surface area contributed by atoms with E-state index in [1.54, 1.807) is 0 Å². The standard InChI is InChI=1S/C27H37ClN2O2/c1-20-21(2)26-24(22(3)25(20)31-18-23-8-6-5-7-9-23)10-11-27(4,32-26)19-30-16-14-29(13-12-28)15-17-30/h5-9H,10-19H2,1-4H3. The molecule has 2 aromatic carbocycles. The lowest BCUT2D eigenvalue weighted by Gasteiger charge is -2.43. The lowest BCUT2D eigenvalue weighted by atomic mass is 9.86. The molecule has 1 saturated heterocycles. The minimum Gasteiger partial charge on any atom is -0.488 e. The number of alkyl halides is 1. The topological polar surface area (TPSA) is 24.9 Å². The molecule has 0 amide bonds. The quantitative estimate of drug-likeness (QED) is 0.539. The molecule has 0 aliphatic carbocycles. The van der Waals surface area contributed by atoms with Gasteiger partial charge in [0, 0.05) is 50.7 Å². The van der Waals surface area contributed by atoms with E-state index in [4.69, 9.17) is 21.1 Å². The molecule has 2 heterocycles. The Hall–Kier alpha value is -1.75. The first-order valence-corrected chi connectivity index (χ1v) is 12.4. The molecule has 1 unspecified atom stereocenters. The van der Waals surface area contributed by atoms with Crippen molar-refractivity contribution in [3.63, 3.8) is 0 Å². The first kappa shape index (κ1) is 23.4. The van der Waals surface area contributed by atoms with Crippen LogP contribution in [0.4, 0.5) is 0 Å². The van der Waals surface area contributed by atoms with Crippen LogP contribution >= 0.6 is 11.6 Å². The van der Waals surface area contributed by atoms with Crippen LogP contribution in [0.15, 0.2) is 30.3 Å². The second-order valence-corrected chi connectivity index (χ2v) is 10.0. The molecule has 4 nitrogen and oxygen atoms in total. The molecular weight excluding hydrogens is 420 g/mol. The number of hydrogen-bond donors (Lipinski definition) is 0. The average molecular weight is 457 g/mol. The van der Waals surface area contributed by atoms with E-state index in [0.717, 1.165) is 63.6 Å². The number of rotatable bonds is 7. The number of fused-ring (bicyclic) bond motifs is 1. The van der Waals surface area contributed by atoms with Crippen molar-refractivity contribution in [2.75, 3.05) is 45.1 Å². The highest BCUT2D eigenvalue weighted by Gasteiger charge is 2.36. The Kier molecular flexibility index (Phi) is 7.34. The van der Waals surface area contributed by atoms with Crippen LogP contribution in [0.2, 0.25) is 0 Å². The summed E-state index contributed by atoms with van der Waals surface area (Å²) in [6.45, 7) is 15.7. The summed E-state index contributed by atoms with van der Waals surface area (Å²) in [5.41, 5.74) is 5.99. The molecule has 0 bridgehead atoms. The number of piperazine rings is 1. The molecular formula is C27H37ClN2O2.